The minimum absolute atomic E-state index is 0.253. The van der Waals surface area contributed by atoms with E-state index in [2.05, 4.69) is 9.88 Å². The molecule has 4 aromatic rings. The number of nitrogens with one attached hydrogen (secondary N) is 1. The number of ether oxygens (including phenoxy) is 1. The van der Waals surface area contributed by atoms with Crippen molar-refractivity contribution in [3.05, 3.63) is 70.6 Å². The number of nitrogens with zero attached hydrogens (tertiary/aromatic N) is 4. The van der Waals surface area contributed by atoms with Crippen molar-refractivity contribution in [1.29, 1.82) is 0 Å². The lowest BCUT2D eigenvalue weighted by Crippen LogP contribution is -2.27. The second-order valence-corrected chi connectivity index (χ2v) is 9.02. The quantitative estimate of drug-likeness (QED) is 0.402. The lowest BCUT2D eigenvalue weighted by atomic mass is 10.3. The molecule has 172 valence electrons. The SMILES string of the molecule is COCCn1c(SC(C)C(=O)Nc2c(C)n(C)n(-c3ccccc3)c2=O)nc2ccccc21. The van der Waals surface area contributed by atoms with E-state index in [0.29, 0.717) is 18.8 Å². The third-order valence-corrected chi connectivity index (χ3v) is 6.68. The smallest absolute Gasteiger partial charge is 0.295 e. The topological polar surface area (TPSA) is 83.1 Å². The van der Waals surface area contributed by atoms with Gasteiger partial charge in [0, 0.05) is 20.7 Å². The molecule has 9 heteroatoms. The number of rotatable bonds is 8. The van der Waals surface area contributed by atoms with E-state index >= 15 is 0 Å². The van der Waals surface area contributed by atoms with E-state index in [9.17, 15) is 9.59 Å². The fourth-order valence-electron chi connectivity index (χ4n) is 3.69. The van der Waals surface area contributed by atoms with E-state index in [1.165, 1.54) is 11.8 Å². The molecule has 2 aromatic carbocycles. The second kappa shape index (κ2) is 9.68. The lowest BCUT2D eigenvalue weighted by Gasteiger charge is -2.13. The molecule has 0 aliphatic heterocycles. The molecular formula is C24H27N5O3S. The van der Waals surface area contributed by atoms with Gasteiger partial charge in [-0.25, -0.2) is 9.67 Å². The van der Waals surface area contributed by atoms with Crippen molar-refractivity contribution < 1.29 is 9.53 Å². The van der Waals surface area contributed by atoms with E-state index in [0.717, 1.165) is 21.9 Å². The Morgan fingerprint density at radius 1 is 1.15 bits per heavy atom. The Hall–Kier alpha value is -3.30. The maximum atomic E-state index is 13.1. The van der Waals surface area contributed by atoms with E-state index in [1.807, 2.05) is 68.4 Å². The van der Waals surface area contributed by atoms with Gasteiger partial charge in [-0.1, -0.05) is 42.1 Å². The molecule has 1 unspecified atom stereocenters. The van der Waals surface area contributed by atoms with Gasteiger partial charge in [-0.3, -0.25) is 14.3 Å². The predicted octanol–water partition coefficient (Wildman–Crippen LogP) is 3.60. The Morgan fingerprint density at radius 3 is 2.58 bits per heavy atom. The largest absolute Gasteiger partial charge is 0.383 e. The third kappa shape index (κ3) is 4.46. The Bertz CT molecular complexity index is 1340. The molecule has 0 spiro atoms. The van der Waals surface area contributed by atoms with Gasteiger partial charge in [0.2, 0.25) is 5.91 Å². The first-order chi connectivity index (χ1) is 15.9. The Balaban J connectivity index is 1.58. The number of fused-ring (bicyclic) bond motifs is 1. The van der Waals surface area contributed by atoms with Gasteiger partial charge < -0.3 is 14.6 Å². The monoisotopic (exact) mass is 465 g/mol. The van der Waals surface area contributed by atoms with Crippen LogP contribution < -0.4 is 10.9 Å². The summed E-state index contributed by atoms with van der Waals surface area (Å²) in [4.78, 5) is 30.9. The average molecular weight is 466 g/mol. The zero-order valence-corrected chi connectivity index (χ0v) is 19.9. The van der Waals surface area contributed by atoms with Crippen LogP contribution in [0.15, 0.2) is 64.5 Å². The Morgan fingerprint density at radius 2 is 1.85 bits per heavy atom. The molecular weight excluding hydrogens is 438 g/mol. The number of imidazole rings is 1. The normalized spacial score (nSPS) is 12.2. The highest BCUT2D eigenvalue weighted by Gasteiger charge is 2.23. The summed E-state index contributed by atoms with van der Waals surface area (Å²) in [5.41, 5.74) is 3.30. The molecule has 0 bridgehead atoms. The standard InChI is InChI=1S/C24H27N5O3S/c1-16-21(23(31)29(27(16)3)18-10-6-5-7-11-18)26-22(30)17(2)33-24-25-19-12-8-9-13-20(19)28(24)14-15-32-4/h5-13,17H,14-15H2,1-4H3,(H,26,30). The summed E-state index contributed by atoms with van der Waals surface area (Å²) in [7, 11) is 3.46. The number of hydrogen-bond donors (Lipinski definition) is 1. The number of amides is 1. The summed E-state index contributed by atoms with van der Waals surface area (Å²) in [6.07, 6.45) is 0. The molecule has 0 aliphatic rings. The fourth-order valence-corrected chi connectivity index (χ4v) is 4.64. The number of para-hydroxylation sites is 3. The highest BCUT2D eigenvalue weighted by molar-refractivity contribution is 8.00. The van der Waals surface area contributed by atoms with E-state index in [4.69, 9.17) is 9.72 Å². The van der Waals surface area contributed by atoms with Crippen LogP contribution >= 0.6 is 11.8 Å². The van der Waals surface area contributed by atoms with Gasteiger partial charge in [-0.15, -0.1) is 0 Å². The molecule has 1 N–H and O–H groups in total. The number of methoxy groups -OCH3 is 1. The van der Waals surface area contributed by atoms with Gasteiger partial charge in [0.15, 0.2) is 5.16 Å². The molecule has 0 fully saturated rings. The second-order valence-electron chi connectivity index (χ2n) is 7.71. The zero-order chi connectivity index (χ0) is 23.5. The van der Waals surface area contributed by atoms with Crippen LogP contribution in [0.3, 0.4) is 0 Å². The maximum absolute atomic E-state index is 13.1. The molecule has 2 heterocycles. The highest BCUT2D eigenvalue weighted by atomic mass is 32.2. The molecule has 1 amide bonds. The molecule has 0 saturated heterocycles. The summed E-state index contributed by atoms with van der Waals surface area (Å²) >= 11 is 1.36. The Kier molecular flexibility index (Phi) is 6.71. The number of carbonyl (C=O) groups is 1. The first-order valence-electron chi connectivity index (χ1n) is 10.7. The summed E-state index contributed by atoms with van der Waals surface area (Å²) < 4.78 is 10.6. The van der Waals surface area contributed by atoms with Crippen molar-refractivity contribution in [3.63, 3.8) is 0 Å². The van der Waals surface area contributed by atoms with Crippen molar-refractivity contribution in [2.24, 2.45) is 7.05 Å². The van der Waals surface area contributed by atoms with Gasteiger partial charge >= 0.3 is 0 Å². The first-order valence-corrected chi connectivity index (χ1v) is 11.6. The molecule has 8 nitrogen and oxygen atoms in total. The molecule has 0 radical (unpaired) electrons. The van der Waals surface area contributed by atoms with E-state index < -0.39 is 5.25 Å². The van der Waals surface area contributed by atoms with E-state index in [-0.39, 0.29) is 17.2 Å². The average Bonchev–Trinajstić information content (AvgIpc) is 3.27. The molecule has 0 aliphatic carbocycles. The summed E-state index contributed by atoms with van der Waals surface area (Å²) in [5.74, 6) is -0.253. The van der Waals surface area contributed by atoms with Gasteiger partial charge in [0.25, 0.3) is 5.56 Å². The molecule has 4 rings (SSSR count). The van der Waals surface area contributed by atoms with Crippen LogP contribution in [-0.4, -0.2) is 43.8 Å². The van der Waals surface area contributed by atoms with Gasteiger partial charge in [0.05, 0.1) is 34.3 Å². The fraction of sp³-hybridized carbons (Fsp3) is 0.292. The number of hydrogen-bond acceptors (Lipinski definition) is 5. The summed E-state index contributed by atoms with van der Waals surface area (Å²) in [6.45, 7) is 4.80. The Labute approximate surface area is 196 Å². The zero-order valence-electron chi connectivity index (χ0n) is 19.1. The third-order valence-electron chi connectivity index (χ3n) is 5.59. The molecule has 0 saturated carbocycles. The maximum Gasteiger partial charge on any atom is 0.295 e. The van der Waals surface area contributed by atoms with Crippen LogP contribution in [0, 0.1) is 6.92 Å². The predicted molar refractivity (Wildman–Crippen MR) is 131 cm³/mol. The van der Waals surface area contributed by atoms with Gasteiger partial charge in [0.1, 0.15) is 5.69 Å². The molecule has 33 heavy (non-hydrogen) atoms. The van der Waals surface area contributed by atoms with Crippen molar-refractivity contribution in [1.82, 2.24) is 18.9 Å². The first kappa shape index (κ1) is 22.9. The van der Waals surface area contributed by atoms with Crippen molar-refractivity contribution in [2.45, 2.75) is 30.8 Å². The minimum atomic E-state index is -0.465. The van der Waals surface area contributed by atoms with Crippen LogP contribution in [0.25, 0.3) is 16.7 Å². The van der Waals surface area contributed by atoms with Crippen LogP contribution in [0.1, 0.15) is 12.6 Å². The van der Waals surface area contributed by atoms with Crippen LogP contribution in [-0.2, 0) is 23.1 Å². The molecule has 2 aromatic heterocycles. The number of carbonyl (C=O) groups excluding carboxylic acids is 1. The number of anilines is 1. The van der Waals surface area contributed by atoms with Crippen molar-refractivity contribution in [2.75, 3.05) is 19.0 Å². The van der Waals surface area contributed by atoms with Crippen LogP contribution in [0.5, 0.6) is 0 Å². The summed E-state index contributed by atoms with van der Waals surface area (Å²) in [5, 5.41) is 3.12. The van der Waals surface area contributed by atoms with Crippen molar-refractivity contribution >= 4 is 34.4 Å². The lowest BCUT2D eigenvalue weighted by molar-refractivity contribution is -0.115. The molecule has 1 atom stereocenters. The highest BCUT2D eigenvalue weighted by Crippen LogP contribution is 2.28. The van der Waals surface area contributed by atoms with Crippen molar-refractivity contribution in [3.8, 4) is 5.69 Å². The van der Waals surface area contributed by atoms with Crippen LogP contribution in [0.2, 0.25) is 0 Å². The number of thioether (sulfide) groups is 1. The minimum Gasteiger partial charge on any atom is -0.383 e. The van der Waals surface area contributed by atoms with Crippen LogP contribution in [0.4, 0.5) is 5.69 Å². The van der Waals surface area contributed by atoms with E-state index in [1.54, 1.807) is 23.5 Å². The van der Waals surface area contributed by atoms with Gasteiger partial charge in [-0.2, -0.15) is 0 Å². The number of benzene rings is 2. The number of aromatic nitrogens is 4. The van der Waals surface area contributed by atoms with Gasteiger partial charge in [-0.05, 0) is 38.1 Å². The summed E-state index contributed by atoms with van der Waals surface area (Å²) in [6, 6.07) is 17.2.